The molecule has 1 aromatic rings. The van der Waals surface area contributed by atoms with Crippen molar-refractivity contribution >= 4 is 0 Å². The molecule has 2 heteroatoms. The minimum Gasteiger partial charge on any atom is -0.394 e. The highest BCUT2D eigenvalue weighted by molar-refractivity contribution is 5.18. The maximum absolute atomic E-state index is 9.18. The highest BCUT2D eigenvalue weighted by Crippen LogP contribution is 2.15. The summed E-state index contributed by atoms with van der Waals surface area (Å²) in [6.07, 6.45) is 0. The molecule has 0 unspecified atom stereocenters. The van der Waals surface area contributed by atoms with Gasteiger partial charge in [-0.2, -0.15) is 0 Å². The zero-order valence-electron chi connectivity index (χ0n) is 8.49. The summed E-state index contributed by atoms with van der Waals surface area (Å²) in [6, 6.07) is 8.32. The molecule has 1 N–H and O–H groups in total. The molecule has 0 bridgehead atoms. The van der Waals surface area contributed by atoms with E-state index in [9.17, 15) is 5.11 Å². The Morgan fingerprint density at radius 1 is 1.42 bits per heavy atom. The zero-order chi connectivity index (χ0) is 9.90. The monoisotopic (exact) mass is 166 g/mol. The first-order valence-corrected chi connectivity index (χ1v) is 3.95. The van der Waals surface area contributed by atoms with Crippen LogP contribution in [0.1, 0.15) is 13.0 Å². The molecule has 12 heavy (non-hydrogen) atoms. The Labute approximate surface area is 74.9 Å². The van der Waals surface area contributed by atoms with Crippen molar-refractivity contribution in [2.45, 2.75) is 6.02 Å². The van der Waals surface area contributed by atoms with Crippen molar-refractivity contribution in [1.29, 1.82) is 0 Å². The van der Waals surface area contributed by atoms with E-state index in [4.69, 9.17) is 1.37 Å². The van der Waals surface area contributed by atoms with Crippen LogP contribution < -0.4 is 0 Å². The highest BCUT2D eigenvalue weighted by atomic mass is 16.3. The SMILES string of the molecule is [2H][C@](CO)(c1ccccc1)N(C)C. The second kappa shape index (κ2) is 4.24. The van der Waals surface area contributed by atoms with E-state index in [0.29, 0.717) is 0 Å². The van der Waals surface area contributed by atoms with Crippen molar-refractivity contribution in [2.24, 2.45) is 0 Å². The van der Waals surface area contributed by atoms with Gasteiger partial charge in [-0.3, -0.25) is 0 Å². The fraction of sp³-hybridized carbons (Fsp3) is 0.400. The molecule has 0 fully saturated rings. The minimum atomic E-state index is -1.03. The summed E-state index contributed by atoms with van der Waals surface area (Å²) in [5.41, 5.74) is 0.808. The van der Waals surface area contributed by atoms with Gasteiger partial charge in [0.1, 0.15) is 0 Å². The molecule has 0 aliphatic carbocycles. The van der Waals surface area contributed by atoms with Crippen molar-refractivity contribution in [1.82, 2.24) is 4.90 Å². The standard InChI is InChI=1S/C10H15NO/c1-11(2)10(8-12)9-6-4-3-5-7-9/h3-7,10,12H,8H2,1-2H3/t10-/m0/s1/i10D. The number of rotatable bonds is 3. The number of aliphatic hydroxyl groups is 1. The van der Waals surface area contributed by atoms with Gasteiger partial charge in [0.2, 0.25) is 0 Å². The van der Waals surface area contributed by atoms with Gasteiger partial charge >= 0.3 is 0 Å². The van der Waals surface area contributed by atoms with Crippen LogP contribution in [0.15, 0.2) is 30.3 Å². The first-order chi connectivity index (χ1) is 6.11. The van der Waals surface area contributed by atoms with Crippen molar-refractivity contribution in [3.05, 3.63) is 35.9 Å². The average molecular weight is 166 g/mol. The van der Waals surface area contributed by atoms with Gasteiger partial charge < -0.3 is 10.0 Å². The predicted octanol–water partition coefficient (Wildman–Crippen LogP) is 1.28. The van der Waals surface area contributed by atoms with Crippen molar-refractivity contribution in [2.75, 3.05) is 20.7 Å². The van der Waals surface area contributed by atoms with Gasteiger partial charge in [-0.1, -0.05) is 30.3 Å². The van der Waals surface area contributed by atoms with E-state index >= 15 is 0 Å². The molecular formula is C10H15NO. The Morgan fingerprint density at radius 2 is 2.00 bits per heavy atom. The minimum absolute atomic E-state index is 0.204. The Bertz CT molecular complexity index is 263. The van der Waals surface area contributed by atoms with Crippen molar-refractivity contribution in [3.63, 3.8) is 0 Å². The van der Waals surface area contributed by atoms with Crippen LogP contribution in [0.25, 0.3) is 0 Å². The van der Waals surface area contributed by atoms with E-state index in [2.05, 4.69) is 0 Å². The average Bonchev–Trinajstić information content (AvgIpc) is 2.17. The van der Waals surface area contributed by atoms with Gasteiger partial charge in [0.15, 0.2) is 0 Å². The molecule has 1 atom stereocenters. The third-order valence-corrected chi connectivity index (χ3v) is 1.80. The molecule has 0 radical (unpaired) electrons. The number of hydrogen-bond donors (Lipinski definition) is 1. The third kappa shape index (κ3) is 2.06. The molecule has 1 aromatic carbocycles. The Kier molecular flexibility index (Phi) is 2.74. The molecule has 0 amide bonds. The first-order valence-electron chi connectivity index (χ1n) is 4.45. The second-order valence-electron chi connectivity index (χ2n) is 2.87. The van der Waals surface area contributed by atoms with Gasteiger partial charge in [0.05, 0.1) is 14.0 Å². The number of hydrogen-bond acceptors (Lipinski definition) is 2. The quantitative estimate of drug-likeness (QED) is 0.731. The van der Waals surface area contributed by atoms with E-state index in [-0.39, 0.29) is 6.61 Å². The lowest BCUT2D eigenvalue weighted by atomic mass is 10.1. The van der Waals surface area contributed by atoms with Gasteiger partial charge in [-0.05, 0) is 19.7 Å². The maximum atomic E-state index is 9.18. The Morgan fingerprint density at radius 3 is 2.42 bits per heavy atom. The van der Waals surface area contributed by atoms with Crippen LogP contribution >= 0.6 is 0 Å². The van der Waals surface area contributed by atoms with E-state index in [1.807, 2.05) is 30.3 Å². The highest BCUT2D eigenvalue weighted by Gasteiger charge is 2.10. The van der Waals surface area contributed by atoms with Gasteiger partial charge in [0.25, 0.3) is 0 Å². The maximum Gasteiger partial charge on any atom is 0.0628 e. The summed E-state index contributed by atoms with van der Waals surface area (Å²) >= 11 is 0. The first kappa shape index (κ1) is 7.77. The molecule has 0 aliphatic heterocycles. The van der Waals surface area contributed by atoms with Crippen LogP contribution in [0.3, 0.4) is 0 Å². The van der Waals surface area contributed by atoms with Gasteiger partial charge in [0, 0.05) is 0 Å². The fourth-order valence-corrected chi connectivity index (χ4v) is 1.12. The Hall–Kier alpha value is -0.860. The summed E-state index contributed by atoms with van der Waals surface area (Å²) in [4.78, 5) is 1.70. The molecule has 0 saturated heterocycles. The molecular weight excluding hydrogens is 150 g/mol. The predicted molar refractivity (Wildman–Crippen MR) is 50.0 cm³/mol. The molecule has 0 spiro atoms. The summed E-state index contributed by atoms with van der Waals surface area (Å²) in [6.45, 7) is -0.204. The lowest BCUT2D eigenvalue weighted by molar-refractivity contribution is 0.171. The van der Waals surface area contributed by atoms with Crippen LogP contribution in [0.2, 0.25) is 0 Å². The topological polar surface area (TPSA) is 23.5 Å². The van der Waals surface area contributed by atoms with Crippen LogP contribution in [0.5, 0.6) is 0 Å². The molecule has 0 saturated carbocycles. The smallest absolute Gasteiger partial charge is 0.0628 e. The summed E-state index contributed by atoms with van der Waals surface area (Å²) in [5.74, 6) is 0. The van der Waals surface area contributed by atoms with Gasteiger partial charge in [-0.15, -0.1) is 0 Å². The van der Waals surface area contributed by atoms with Crippen LogP contribution in [-0.4, -0.2) is 30.7 Å². The number of benzene rings is 1. The lowest BCUT2D eigenvalue weighted by Crippen LogP contribution is -2.22. The third-order valence-electron chi connectivity index (χ3n) is 1.80. The normalized spacial score (nSPS) is 17.2. The molecule has 1 rings (SSSR count). The van der Waals surface area contributed by atoms with E-state index in [1.165, 1.54) is 0 Å². The number of nitrogens with zero attached hydrogens (tertiary/aromatic N) is 1. The number of aliphatic hydroxyl groups excluding tert-OH is 1. The fourth-order valence-electron chi connectivity index (χ4n) is 1.12. The summed E-state index contributed by atoms with van der Waals surface area (Å²) in [5, 5.41) is 9.18. The van der Waals surface area contributed by atoms with Gasteiger partial charge in [-0.25, -0.2) is 0 Å². The largest absolute Gasteiger partial charge is 0.394 e. The van der Waals surface area contributed by atoms with Crippen LogP contribution in [0, 0.1) is 0 Å². The van der Waals surface area contributed by atoms with Crippen LogP contribution in [-0.2, 0) is 0 Å². The molecule has 0 heterocycles. The zero-order valence-corrected chi connectivity index (χ0v) is 7.49. The molecule has 66 valence electrons. The van der Waals surface area contributed by atoms with Crippen molar-refractivity contribution < 1.29 is 6.48 Å². The van der Waals surface area contributed by atoms with E-state index < -0.39 is 6.02 Å². The van der Waals surface area contributed by atoms with Crippen LogP contribution in [0.4, 0.5) is 0 Å². The van der Waals surface area contributed by atoms with Crippen molar-refractivity contribution in [3.8, 4) is 0 Å². The van der Waals surface area contributed by atoms with E-state index in [1.54, 1.807) is 19.0 Å². The Balaban J connectivity index is 3.03. The summed E-state index contributed by atoms with van der Waals surface area (Å²) in [7, 11) is 3.58. The molecule has 2 nitrogen and oxygen atoms in total. The lowest BCUT2D eigenvalue weighted by Gasteiger charge is -2.22. The second-order valence-corrected chi connectivity index (χ2v) is 2.87. The summed E-state index contributed by atoms with van der Waals surface area (Å²) < 4.78 is 8.04. The molecule has 0 aliphatic rings. The number of likely N-dealkylation sites (N-methyl/N-ethyl adjacent to an activating group) is 1. The van der Waals surface area contributed by atoms with E-state index in [0.717, 1.165) is 5.56 Å². The molecule has 0 aromatic heterocycles.